The highest BCUT2D eigenvalue weighted by Gasteiger charge is 2.15. The van der Waals surface area contributed by atoms with Crippen LogP contribution < -0.4 is 0 Å². The van der Waals surface area contributed by atoms with E-state index in [1.807, 2.05) is 0 Å². The van der Waals surface area contributed by atoms with Gasteiger partial charge in [0.2, 0.25) is 0 Å². The zero-order valence-electron chi connectivity index (χ0n) is 11.2. The van der Waals surface area contributed by atoms with Gasteiger partial charge in [0, 0.05) is 6.54 Å². The lowest BCUT2D eigenvalue weighted by molar-refractivity contribution is 0.0701. The Morgan fingerprint density at radius 2 is 2.30 bits per heavy atom. The molecule has 0 amide bonds. The summed E-state index contributed by atoms with van der Waals surface area (Å²) in [5.74, 6) is 0.440. The number of thioether (sulfide) groups is 1. The molecule has 0 aliphatic heterocycles. The van der Waals surface area contributed by atoms with Crippen molar-refractivity contribution in [3.05, 3.63) is 16.4 Å². The van der Waals surface area contributed by atoms with Crippen LogP contribution in [0.3, 0.4) is 0 Å². The Bertz CT molecular complexity index is 595. The molecule has 0 aromatic carbocycles. The largest absolute Gasteiger partial charge is 0.477 e. The van der Waals surface area contributed by atoms with Crippen LogP contribution in [0.15, 0.2) is 4.34 Å². The SMILES string of the molecule is CCCCn1nnnc1CSc1nc(C)c(C(=O)O)s1. The lowest BCUT2D eigenvalue weighted by Gasteiger charge is -2.01. The van der Waals surface area contributed by atoms with Crippen LogP contribution in [0.25, 0.3) is 0 Å². The summed E-state index contributed by atoms with van der Waals surface area (Å²) >= 11 is 2.65. The summed E-state index contributed by atoms with van der Waals surface area (Å²) in [6.45, 7) is 4.62. The van der Waals surface area contributed by atoms with Crippen LogP contribution in [-0.4, -0.2) is 36.3 Å². The number of rotatable bonds is 7. The van der Waals surface area contributed by atoms with Crippen LogP contribution in [0.4, 0.5) is 0 Å². The first-order chi connectivity index (χ1) is 9.61. The first kappa shape index (κ1) is 14.9. The second kappa shape index (κ2) is 6.80. The Morgan fingerprint density at radius 1 is 1.50 bits per heavy atom. The number of aryl methyl sites for hydroxylation is 2. The smallest absolute Gasteiger partial charge is 0.347 e. The summed E-state index contributed by atoms with van der Waals surface area (Å²) in [5, 5.41) is 20.6. The van der Waals surface area contributed by atoms with Crippen molar-refractivity contribution in [1.29, 1.82) is 0 Å². The summed E-state index contributed by atoms with van der Waals surface area (Å²) in [6.07, 6.45) is 2.11. The van der Waals surface area contributed by atoms with Gasteiger partial charge in [-0.1, -0.05) is 25.1 Å². The highest BCUT2D eigenvalue weighted by molar-refractivity contribution is 8.00. The number of aromatic nitrogens is 5. The molecule has 0 atom stereocenters. The van der Waals surface area contributed by atoms with Gasteiger partial charge in [-0.2, -0.15) is 0 Å². The minimum Gasteiger partial charge on any atom is -0.477 e. The summed E-state index contributed by atoms with van der Waals surface area (Å²) in [4.78, 5) is 15.5. The Hall–Kier alpha value is -1.48. The maximum absolute atomic E-state index is 11.0. The maximum atomic E-state index is 11.0. The number of carbonyl (C=O) groups is 1. The molecule has 2 rings (SSSR count). The van der Waals surface area contributed by atoms with E-state index in [1.165, 1.54) is 23.1 Å². The van der Waals surface area contributed by atoms with Gasteiger partial charge in [-0.25, -0.2) is 14.5 Å². The van der Waals surface area contributed by atoms with Crippen LogP contribution in [0.5, 0.6) is 0 Å². The highest BCUT2D eigenvalue weighted by atomic mass is 32.2. The minimum atomic E-state index is -0.931. The zero-order valence-corrected chi connectivity index (χ0v) is 12.9. The van der Waals surface area contributed by atoms with Gasteiger partial charge in [0.05, 0.1) is 11.4 Å². The van der Waals surface area contributed by atoms with Crippen molar-refractivity contribution < 1.29 is 9.90 Å². The number of carboxylic acid groups (broad SMARTS) is 1. The summed E-state index contributed by atoms with van der Waals surface area (Å²) < 4.78 is 2.51. The summed E-state index contributed by atoms with van der Waals surface area (Å²) in [6, 6.07) is 0. The summed E-state index contributed by atoms with van der Waals surface area (Å²) in [5.41, 5.74) is 0.551. The normalized spacial score (nSPS) is 10.9. The van der Waals surface area contributed by atoms with Crippen molar-refractivity contribution in [2.45, 2.75) is 43.3 Å². The molecule has 108 valence electrons. The predicted octanol–water partition coefficient (Wildman–Crippen LogP) is 2.23. The molecular formula is C11H15N5O2S2. The van der Waals surface area contributed by atoms with E-state index in [0.29, 0.717) is 11.4 Å². The third-order valence-electron chi connectivity index (χ3n) is 2.63. The van der Waals surface area contributed by atoms with Gasteiger partial charge in [0.15, 0.2) is 10.2 Å². The van der Waals surface area contributed by atoms with Crippen molar-refractivity contribution >= 4 is 29.1 Å². The van der Waals surface area contributed by atoms with Gasteiger partial charge >= 0.3 is 5.97 Å². The Kier molecular flexibility index (Phi) is 5.07. The molecule has 0 spiro atoms. The molecule has 0 unspecified atom stereocenters. The van der Waals surface area contributed by atoms with Gasteiger partial charge < -0.3 is 5.11 Å². The van der Waals surface area contributed by atoms with Gasteiger partial charge in [-0.3, -0.25) is 0 Å². The molecule has 2 aromatic heterocycles. The quantitative estimate of drug-likeness (QED) is 0.783. The third kappa shape index (κ3) is 3.54. The molecule has 0 radical (unpaired) electrons. The minimum absolute atomic E-state index is 0.290. The number of hydrogen-bond donors (Lipinski definition) is 1. The highest BCUT2D eigenvalue weighted by Crippen LogP contribution is 2.29. The molecule has 0 saturated heterocycles. The average Bonchev–Trinajstić information content (AvgIpc) is 3.00. The second-order valence-electron chi connectivity index (χ2n) is 4.16. The fourth-order valence-corrected chi connectivity index (χ4v) is 3.53. The fraction of sp³-hybridized carbons (Fsp3) is 0.545. The third-order valence-corrected chi connectivity index (χ3v) is 4.91. The average molecular weight is 313 g/mol. The number of thiazole rings is 1. The molecule has 20 heavy (non-hydrogen) atoms. The maximum Gasteiger partial charge on any atom is 0.347 e. The first-order valence-electron chi connectivity index (χ1n) is 6.20. The number of unbranched alkanes of at least 4 members (excludes halogenated alkanes) is 1. The van der Waals surface area contributed by atoms with Gasteiger partial charge in [0.25, 0.3) is 0 Å². The van der Waals surface area contributed by atoms with Crippen LogP contribution in [0.1, 0.15) is 41.0 Å². The van der Waals surface area contributed by atoms with E-state index >= 15 is 0 Å². The summed E-state index contributed by atoms with van der Waals surface area (Å²) in [7, 11) is 0. The van der Waals surface area contributed by atoms with Crippen molar-refractivity contribution in [2.24, 2.45) is 0 Å². The standard InChI is InChI=1S/C11H15N5O2S2/c1-3-4-5-16-8(13-14-15-16)6-19-11-12-7(2)9(20-11)10(17)18/h3-6H2,1-2H3,(H,17,18). The van der Waals surface area contributed by atoms with E-state index in [1.54, 1.807) is 11.6 Å². The van der Waals surface area contributed by atoms with E-state index in [0.717, 1.165) is 29.6 Å². The van der Waals surface area contributed by atoms with Gasteiger partial charge in [-0.15, -0.1) is 16.4 Å². The van der Waals surface area contributed by atoms with Crippen molar-refractivity contribution in [3.8, 4) is 0 Å². The molecule has 1 N–H and O–H groups in total. The van der Waals surface area contributed by atoms with E-state index in [9.17, 15) is 4.79 Å². The number of tetrazole rings is 1. The molecule has 2 aromatic rings. The van der Waals surface area contributed by atoms with E-state index in [2.05, 4.69) is 27.4 Å². The molecule has 0 saturated carbocycles. The van der Waals surface area contributed by atoms with Crippen LogP contribution in [0.2, 0.25) is 0 Å². The second-order valence-corrected chi connectivity index (χ2v) is 6.38. The zero-order chi connectivity index (χ0) is 14.5. The topological polar surface area (TPSA) is 93.8 Å². The fourth-order valence-electron chi connectivity index (χ4n) is 1.57. The molecule has 7 nitrogen and oxygen atoms in total. The Labute approximate surface area is 124 Å². The number of nitrogens with zero attached hydrogens (tertiary/aromatic N) is 5. The van der Waals surface area contributed by atoms with Crippen LogP contribution in [0, 0.1) is 6.92 Å². The molecule has 0 aliphatic rings. The monoisotopic (exact) mass is 313 g/mol. The molecule has 0 bridgehead atoms. The Balaban J connectivity index is 2.00. The lowest BCUT2D eigenvalue weighted by Crippen LogP contribution is -2.04. The molecule has 0 fully saturated rings. The Morgan fingerprint density at radius 3 is 2.95 bits per heavy atom. The molecule has 0 aliphatic carbocycles. The number of hydrogen-bond acceptors (Lipinski definition) is 7. The molecule has 2 heterocycles. The van der Waals surface area contributed by atoms with Gasteiger partial charge in [-0.05, 0) is 23.8 Å². The van der Waals surface area contributed by atoms with Crippen molar-refractivity contribution in [2.75, 3.05) is 0 Å². The number of carboxylic acids is 1. The van der Waals surface area contributed by atoms with E-state index < -0.39 is 5.97 Å². The lowest BCUT2D eigenvalue weighted by atomic mass is 10.3. The first-order valence-corrected chi connectivity index (χ1v) is 8.00. The van der Waals surface area contributed by atoms with Crippen LogP contribution in [-0.2, 0) is 12.3 Å². The van der Waals surface area contributed by atoms with Crippen LogP contribution >= 0.6 is 23.1 Å². The molecular weight excluding hydrogens is 298 g/mol. The van der Waals surface area contributed by atoms with E-state index in [4.69, 9.17) is 5.11 Å². The predicted molar refractivity (Wildman–Crippen MR) is 76.1 cm³/mol. The number of aromatic carboxylic acids is 1. The van der Waals surface area contributed by atoms with Crippen molar-refractivity contribution in [3.63, 3.8) is 0 Å². The van der Waals surface area contributed by atoms with Crippen molar-refractivity contribution in [1.82, 2.24) is 25.2 Å². The van der Waals surface area contributed by atoms with E-state index in [-0.39, 0.29) is 4.88 Å². The van der Waals surface area contributed by atoms with Gasteiger partial charge in [0.1, 0.15) is 4.88 Å². The molecule has 9 heteroatoms.